The Kier molecular flexibility index (Phi) is 3.59. The van der Waals surface area contributed by atoms with Crippen molar-refractivity contribution >= 4 is 21.4 Å². The van der Waals surface area contributed by atoms with Gasteiger partial charge in [-0.25, -0.2) is 12.8 Å². The predicted molar refractivity (Wildman–Crippen MR) is 72.8 cm³/mol. The molecule has 7 heteroatoms. The summed E-state index contributed by atoms with van der Waals surface area (Å²) in [5, 5.41) is 8.87. The summed E-state index contributed by atoms with van der Waals surface area (Å²) >= 11 is 0. The Balaban J connectivity index is 2.47. The lowest BCUT2D eigenvalue weighted by Gasteiger charge is -2.10. The standard InChI is InChI=1S/C13H10FN3O2S/c14-12-5-2-6-13(11(12)8-15)20(18,19)17-10-4-1-3-9(16)7-10/h1-7,17H,16H2. The van der Waals surface area contributed by atoms with Gasteiger partial charge in [0, 0.05) is 5.69 Å². The molecular weight excluding hydrogens is 281 g/mol. The van der Waals surface area contributed by atoms with Crippen LogP contribution in [0.3, 0.4) is 0 Å². The number of hydrogen-bond donors (Lipinski definition) is 2. The number of sulfonamides is 1. The van der Waals surface area contributed by atoms with Crippen molar-refractivity contribution in [1.29, 1.82) is 5.26 Å². The van der Waals surface area contributed by atoms with Crippen LogP contribution >= 0.6 is 0 Å². The van der Waals surface area contributed by atoms with Gasteiger partial charge in [0.25, 0.3) is 10.0 Å². The van der Waals surface area contributed by atoms with Gasteiger partial charge in [0.1, 0.15) is 22.3 Å². The largest absolute Gasteiger partial charge is 0.399 e. The number of hydrogen-bond acceptors (Lipinski definition) is 4. The number of halogens is 1. The maximum Gasteiger partial charge on any atom is 0.263 e. The minimum Gasteiger partial charge on any atom is -0.399 e. The summed E-state index contributed by atoms with van der Waals surface area (Å²) in [5.41, 5.74) is 5.64. The van der Waals surface area contributed by atoms with E-state index < -0.39 is 26.3 Å². The highest BCUT2D eigenvalue weighted by molar-refractivity contribution is 7.92. The minimum atomic E-state index is -4.06. The molecule has 0 aliphatic heterocycles. The number of benzene rings is 2. The van der Waals surface area contributed by atoms with Crippen molar-refractivity contribution in [2.24, 2.45) is 0 Å². The molecule has 0 fully saturated rings. The number of anilines is 2. The smallest absolute Gasteiger partial charge is 0.263 e. The van der Waals surface area contributed by atoms with E-state index in [9.17, 15) is 12.8 Å². The third-order valence-corrected chi connectivity index (χ3v) is 3.94. The molecule has 20 heavy (non-hydrogen) atoms. The maximum absolute atomic E-state index is 13.4. The zero-order valence-electron chi connectivity index (χ0n) is 10.2. The lowest BCUT2D eigenvalue weighted by Crippen LogP contribution is -2.15. The average molecular weight is 291 g/mol. The van der Waals surface area contributed by atoms with Crippen LogP contribution in [0.4, 0.5) is 15.8 Å². The molecule has 0 atom stereocenters. The molecule has 0 heterocycles. The summed E-state index contributed by atoms with van der Waals surface area (Å²) in [4.78, 5) is -0.414. The van der Waals surface area contributed by atoms with Crippen molar-refractivity contribution in [1.82, 2.24) is 0 Å². The van der Waals surface area contributed by atoms with Gasteiger partial charge < -0.3 is 5.73 Å². The minimum absolute atomic E-state index is 0.234. The van der Waals surface area contributed by atoms with E-state index in [1.165, 1.54) is 18.2 Å². The maximum atomic E-state index is 13.4. The van der Waals surface area contributed by atoms with E-state index in [0.29, 0.717) is 5.69 Å². The second-order valence-corrected chi connectivity index (χ2v) is 5.61. The number of nitrogens with two attached hydrogens (primary N) is 1. The molecular formula is C13H10FN3O2S. The third kappa shape index (κ3) is 2.70. The van der Waals surface area contributed by atoms with Gasteiger partial charge in [-0.15, -0.1) is 0 Å². The van der Waals surface area contributed by atoms with Crippen LogP contribution in [-0.4, -0.2) is 8.42 Å². The fourth-order valence-electron chi connectivity index (χ4n) is 1.65. The Bertz CT molecular complexity index is 798. The van der Waals surface area contributed by atoms with Crippen molar-refractivity contribution in [2.75, 3.05) is 10.5 Å². The van der Waals surface area contributed by atoms with E-state index in [1.54, 1.807) is 18.2 Å². The van der Waals surface area contributed by atoms with Crippen LogP contribution in [0.2, 0.25) is 0 Å². The van der Waals surface area contributed by atoms with Crippen LogP contribution in [0, 0.1) is 17.1 Å². The Morgan fingerprint density at radius 2 is 1.90 bits per heavy atom. The van der Waals surface area contributed by atoms with Crippen LogP contribution in [0.25, 0.3) is 0 Å². The zero-order valence-corrected chi connectivity index (χ0v) is 11.0. The summed E-state index contributed by atoms with van der Waals surface area (Å²) in [6.45, 7) is 0. The Labute approximate surface area is 115 Å². The Morgan fingerprint density at radius 1 is 1.20 bits per heavy atom. The lowest BCUT2D eigenvalue weighted by molar-refractivity contribution is 0.593. The van der Waals surface area contributed by atoms with Gasteiger partial charge in [-0.2, -0.15) is 5.26 Å². The number of nitrogen functional groups attached to an aromatic ring is 1. The highest BCUT2D eigenvalue weighted by Gasteiger charge is 2.21. The molecule has 0 spiro atoms. The van der Waals surface area contributed by atoms with Crippen molar-refractivity contribution in [3.05, 3.63) is 53.8 Å². The van der Waals surface area contributed by atoms with Gasteiger partial charge in [0.2, 0.25) is 0 Å². The Hall–Kier alpha value is -2.59. The zero-order chi connectivity index (χ0) is 14.8. The molecule has 3 N–H and O–H groups in total. The normalized spacial score (nSPS) is 10.8. The van der Waals surface area contributed by atoms with E-state index in [-0.39, 0.29) is 5.69 Å². The molecule has 2 aromatic carbocycles. The van der Waals surface area contributed by atoms with Crippen molar-refractivity contribution in [3.8, 4) is 6.07 Å². The molecule has 2 rings (SSSR count). The summed E-state index contributed by atoms with van der Waals surface area (Å²) < 4.78 is 40.1. The molecule has 0 bridgehead atoms. The summed E-state index contributed by atoms with van der Waals surface area (Å²) in [6, 6.07) is 11.1. The molecule has 0 aromatic heterocycles. The van der Waals surface area contributed by atoms with Gasteiger partial charge in [0.05, 0.1) is 5.69 Å². The van der Waals surface area contributed by atoms with Gasteiger partial charge in [-0.3, -0.25) is 4.72 Å². The van der Waals surface area contributed by atoms with Crippen molar-refractivity contribution in [3.63, 3.8) is 0 Å². The SMILES string of the molecule is N#Cc1c(F)cccc1S(=O)(=O)Nc1cccc(N)c1. The quantitative estimate of drug-likeness (QED) is 0.846. The van der Waals surface area contributed by atoms with Crippen LogP contribution in [0.15, 0.2) is 47.4 Å². The molecule has 102 valence electrons. The summed E-state index contributed by atoms with van der Waals surface area (Å²) in [5.74, 6) is -0.886. The highest BCUT2D eigenvalue weighted by atomic mass is 32.2. The fourth-order valence-corrected chi connectivity index (χ4v) is 2.87. The van der Waals surface area contributed by atoms with Gasteiger partial charge in [0.15, 0.2) is 0 Å². The molecule has 0 aliphatic rings. The molecule has 0 radical (unpaired) electrons. The van der Waals surface area contributed by atoms with Crippen molar-refractivity contribution < 1.29 is 12.8 Å². The lowest BCUT2D eigenvalue weighted by atomic mass is 10.2. The first kappa shape index (κ1) is 13.8. The van der Waals surface area contributed by atoms with E-state index in [1.807, 2.05) is 0 Å². The number of rotatable bonds is 3. The van der Waals surface area contributed by atoms with Crippen LogP contribution in [0.1, 0.15) is 5.56 Å². The average Bonchev–Trinajstić information content (AvgIpc) is 2.38. The second kappa shape index (κ2) is 5.19. The number of nitriles is 1. The third-order valence-electron chi connectivity index (χ3n) is 2.52. The second-order valence-electron chi connectivity index (χ2n) is 3.96. The molecule has 0 saturated carbocycles. The molecule has 5 nitrogen and oxygen atoms in total. The van der Waals surface area contributed by atoms with Gasteiger partial charge in [-0.1, -0.05) is 12.1 Å². The van der Waals surface area contributed by atoms with E-state index in [0.717, 1.165) is 12.1 Å². The summed E-state index contributed by atoms with van der Waals surface area (Å²) in [6.07, 6.45) is 0. The number of nitrogens with one attached hydrogen (secondary N) is 1. The molecule has 2 aromatic rings. The van der Waals surface area contributed by atoms with Crippen molar-refractivity contribution in [2.45, 2.75) is 4.90 Å². The van der Waals surface area contributed by atoms with Crippen LogP contribution in [0.5, 0.6) is 0 Å². The first-order chi connectivity index (χ1) is 9.44. The van der Waals surface area contributed by atoms with Crippen LogP contribution < -0.4 is 10.5 Å². The first-order valence-corrected chi connectivity index (χ1v) is 6.99. The van der Waals surface area contributed by atoms with E-state index >= 15 is 0 Å². The summed E-state index contributed by atoms with van der Waals surface area (Å²) in [7, 11) is -4.06. The topological polar surface area (TPSA) is 96.0 Å². The van der Waals surface area contributed by atoms with E-state index in [4.69, 9.17) is 11.0 Å². The molecule has 0 aliphatic carbocycles. The number of nitrogens with zero attached hydrogens (tertiary/aromatic N) is 1. The predicted octanol–water partition coefficient (Wildman–Crippen LogP) is 2.08. The first-order valence-electron chi connectivity index (χ1n) is 5.51. The highest BCUT2D eigenvalue weighted by Crippen LogP contribution is 2.22. The fraction of sp³-hybridized carbons (Fsp3) is 0. The van der Waals surface area contributed by atoms with Crippen LogP contribution in [-0.2, 0) is 10.0 Å². The van der Waals surface area contributed by atoms with Gasteiger partial charge >= 0.3 is 0 Å². The Morgan fingerprint density at radius 3 is 2.55 bits per heavy atom. The molecule has 0 saturated heterocycles. The van der Waals surface area contributed by atoms with Gasteiger partial charge in [-0.05, 0) is 30.3 Å². The monoisotopic (exact) mass is 291 g/mol. The molecule has 0 unspecified atom stereocenters. The van der Waals surface area contributed by atoms with E-state index in [2.05, 4.69) is 4.72 Å². The molecule has 0 amide bonds.